The molecule has 96 valence electrons. The van der Waals surface area contributed by atoms with E-state index in [0.29, 0.717) is 6.04 Å². The molecule has 2 rings (SSSR count). The zero-order valence-corrected chi connectivity index (χ0v) is 11.3. The fraction of sp³-hybridized carbons (Fsp3) is 0.909. The SMILES string of the molecule is CC(C)(O)CCSc1nnnn1C1CCCC1. The van der Waals surface area contributed by atoms with Crippen molar-refractivity contribution < 1.29 is 5.11 Å². The second-order valence-electron chi connectivity index (χ2n) is 5.26. The zero-order chi connectivity index (χ0) is 12.3. The summed E-state index contributed by atoms with van der Waals surface area (Å²) in [6.07, 6.45) is 5.67. The Morgan fingerprint density at radius 3 is 2.76 bits per heavy atom. The molecule has 1 fully saturated rings. The molecule has 0 unspecified atom stereocenters. The Kier molecular flexibility index (Phi) is 4.04. The van der Waals surface area contributed by atoms with Gasteiger partial charge in [0.15, 0.2) is 0 Å². The monoisotopic (exact) mass is 256 g/mol. The number of hydrogen-bond donors (Lipinski definition) is 1. The minimum absolute atomic E-state index is 0.481. The number of hydrogen-bond acceptors (Lipinski definition) is 5. The fourth-order valence-electron chi connectivity index (χ4n) is 2.05. The van der Waals surface area contributed by atoms with E-state index in [2.05, 4.69) is 15.5 Å². The lowest BCUT2D eigenvalue weighted by molar-refractivity contribution is 0.0777. The van der Waals surface area contributed by atoms with E-state index in [1.807, 2.05) is 18.5 Å². The summed E-state index contributed by atoms with van der Waals surface area (Å²) in [7, 11) is 0. The van der Waals surface area contributed by atoms with Gasteiger partial charge in [0.25, 0.3) is 0 Å². The molecule has 1 saturated carbocycles. The second-order valence-corrected chi connectivity index (χ2v) is 6.32. The lowest BCUT2D eigenvalue weighted by Crippen LogP contribution is -2.19. The molecule has 1 aromatic rings. The van der Waals surface area contributed by atoms with E-state index in [0.717, 1.165) is 17.3 Å². The van der Waals surface area contributed by atoms with Gasteiger partial charge in [0.2, 0.25) is 5.16 Å². The average Bonchev–Trinajstić information content (AvgIpc) is 2.82. The van der Waals surface area contributed by atoms with Crippen LogP contribution in [0.15, 0.2) is 5.16 Å². The number of nitrogens with zero attached hydrogens (tertiary/aromatic N) is 4. The molecule has 1 heterocycles. The van der Waals surface area contributed by atoms with Crippen molar-refractivity contribution in [2.45, 2.75) is 62.8 Å². The first-order valence-electron chi connectivity index (χ1n) is 6.19. The van der Waals surface area contributed by atoms with Crippen LogP contribution < -0.4 is 0 Å². The molecule has 5 nitrogen and oxygen atoms in total. The summed E-state index contributed by atoms with van der Waals surface area (Å²) < 4.78 is 1.96. The maximum Gasteiger partial charge on any atom is 0.209 e. The van der Waals surface area contributed by atoms with E-state index in [1.54, 1.807) is 11.8 Å². The third-order valence-corrected chi connectivity index (χ3v) is 4.01. The summed E-state index contributed by atoms with van der Waals surface area (Å²) >= 11 is 1.63. The smallest absolute Gasteiger partial charge is 0.209 e. The molecule has 17 heavy (non-hydrogen) atoms. The highest BCUT2D eigenvalue weighted by molar-refractivity contribution is 7.99. The molecule has 0 atom stereocenters. The zero-order valence-electron chi connectivity index (χ0n) is 10.5. The van der Waals surface area contributed by atoms with Gasteiger partial charge in [0.05, 0.1) is 11.6 Å². The standard InChI is InChI=1S/C11H20N4OS/c1-11(2,16)7-8-17-10-12-13-14-15(10)9-5-3-4-6-9/h9,16H,3-8H2,1-2H3. The van der Waals surface area contributed by atoms with Crippen molar-refractivity contribution in [1.82, 2.24) is 20.2 Å². The van der Waals surface area contributed by atoms with E-state index in [-0.39, 0.29) is 0 Å². The normalized spacial score (nSPS) is 17.8. The summed E-state index contributed by atoms with van der Waals surface area (Å²) in [5.74, 6) is 0.844. The first kappa shape index (κ1) is 12.8. The van der Waals surface area contributed by atoms with Crippen molar-refractivity contribution in [3.63, 3.8) is 0 Å². The van der Waals surface area contributed by atoms with Crippen LogP contribution in [0.3, 0.4) is 0 Å². The predicted molar refractivity (Wildman–Crippen MR) is 67.0 cm³/mol. The van der Waals surface area contributed by atoms with Gasteiger partial charge in [0.1, 0.15) is 0 Å². The number of aliphatic hydroxyl groups is 1. The maximum absolute atomic E-state index is 9.66. The highest BCUT2D eigenvalue weighted by Crippen LogP contribution is 2.31. The summed E-state index contributed by atoms with van der Waals surface area (Å²) in [6.45, 7) is 3.65. The van der Waals surface area contributed by atoms with E-state index in [4.69, 9.17) is 0 Å². The quantitative estimate of drug-likeness (QED) is 0.817. The van der Waals surface area contributed by atoms with Gasteiger partial charge in [-0.05, 0) is 43.5 Å². The van der Waals surface area contributed by atoms with Gasteiger partial charge in [-0.15, -0.1) is 5.10 Å². The van der Waals surface area contributed by atoms with Crippen molar-refractivity contribution in [3.8, 4) is 0 Å². The van der Waals surface area contributed by atoms with Gasteiger partial charge in [-0.25, -0.2) is 4.68 Å². The molecule has 0 amide bonds. The van der Waals surface area contributed by atoms with Crippen molar-refractivity contribution in [1.29, 1.82) is 0 Å². The first-order chi connectivity index (χ1) is 8.06. The molecule has 1 aliphatic rings. The molecule has 0 bridgehead atoms. The predicted octanol–water partition coefficient (Wildman–Crippen LogP) is 2.04. The molecule has 1 aromatic heterocycles. The Balaban J connectivity index is 1.90. The molecule has 0 aliphatic heterocycles. The van der Waals surface area contributed by atoms with Crippen LogP contribution in [-0.4, -0.2) is 36.7 Å². The molecule has 0 saturated heterocycles. The molecule has 1 N–H and O–H groups in total. The fourth-order valence-corrected chi connectivity index (χ4v) is 3.25. The van der Waals surface area contributed by atoms with Crippen LogP contribution in [0.4, 0.5) is 0 Å². The highest BCUT2D eigenvalue weighted by atomic mass is 32.2. The van der Waals surface area contributed by atoms with Crippen LogP contribution in [0.5, 0.6) is 0 Å². The first-order valence-corrected chi connectivity index (χ1v) is 7.18. The van der Waals surface area contributed by atoms with E-state index < -0.39 is 5.60 Å². The summed E-state index contributed by atoms with van der Waals surface area (Å²) in [5.41, 5.74) is -0.612. The van der Waals surface area contributed by atoms with Crippen molar-refractivity contribution in [3.05, 3.63) is 0 Å². The van der Waals surface area contributed by atoms with Gasteiger partial charge in [-0.3, -0.25) is 0 Å². The Morgan fingerprint density at radius 2 is 2.12 bits per heavy atom. The van der Waals surface area contributed by atoms with E-state index in [9.17, 15) is 5.11 Å². The van der Waals surface area contributed by atoms with E-state index in [1.165, 1.54) is 25.7 Å². The van der Waals surface area contributed by atoms with Gasteiger partial charge < -0.3 is 5.11 Å². The van der Waals surface area contributed by atoms with Crippen molar-refractivity contribution >= 4 is 11.8 Å². The van der Waals surface area contributed by atoms with Crippen LogP contribution >= 0.6 is 11.8 Å². The number of rotatable bonds is 5. The van der Waals surface area contributed by atoms with Crippen LogP contribution in [0.25, 0.3) is 0 Å². The van der Waals surface area contributed by atoms with Crippen molar-refractivity contribution in [2.75, 3.05) is 5.75 Å². The lowest BCUT2D eigenvalue weighted by Gasteiger charge is -2.16. The maximum atomic E-state index is 9.66. The van der Waals surface area contributed by atoms with Gasteiger partial charge in [0, 0.05) is 5.75 Å². The minimum atomic E-state index is -0.612. The average molecular weight is 256 g/mol. The summed E-state index contributed by atoms with van der Waals surface area (Å²) in [6, 6.07) is 0.481. The number of aromatic nitrogens is 4. The van der Waals surface area contributed by atoms with Crippen molar-refractivity contribution in [2.24, 2.45) is 0 Å². The minimum Gasteiger partial charge on any atom is -0.390 e. The van der Waals surface area contributed by atoms with Crippen LogP contribution in [-0.2, 0) is 0 Å². The van der Waals surface area contributed by atoms with E-state index >= 15 is 0 Å². The lowest BCUT2D eigenvalue weighted by atomic mass is 10.1. The van der Waals surface area contributed by atoms with Crippen LogP contribution in [0, 0.1) is 0 Å². The molecule has 0 aromatic carbocycles. The Morgan fingerprint density at radius 1 is 1.41 bits per heavy atom. The molecule has 6 heteroatoms. The largest absolute Gasteiger partial charge is 0.390 e. The molecular formula is C11H20N4OS. The molecule has 0 radical (unpaired) electrons. The summed E-state index contributed by atoms with van der Waals surface area (Å²) in [4.78, 5) is 0. The van der Waals surface area contributed by atoms with Crippen LogP contribution in [0.2, 0.25) is 0 Å². The highest BCUT2D eigenvalue weighted by Gasteiger charge is 2.22. The number of thioether (sulfide) groups is 1. The third kappa shape index (κ3) is 3.67. The summed E-state index contributed by atoms with van der Waals surface area (Å²) in [5, 5.41) is 22.5. The molecule has 1 aliphatic carbocycles. The van der Waals surface area contributed by atoms with Gasteiger partial charge in [-0.2, -0.15) is 0 Å². The topological polar surface area (TPSA) is 63.8 Å². The Labute approximate surface area is 106 Å². The number of tetrazole rings is 1. The Hall–Kier alpha value is -0.620. The molecule has 0 spiro atoms. The molecular weight excluding hydrogens is 236 g/mol. The third-order valence-electron chi connectivity index (χ3n) is 3.08. The van der Waals surface area contributed by atoms with Crippen LogP contribution in [0.1, 0.15) is 52.0 Å². The van der Waals surface area contributed by atoms with Gasteiger partial charge >= 0.3 is 0 Å². The van der Waals surface area contributed by atoms with Gasteiger partial charge in [-0.1, -0.05) is 24.6 Å². The second kappa shape index (κ2) is 5.35. The Bertz CT molecular complexity index is 355.